The van der Waals surface area contributed by atoms with Crippen molar-refractivity contribution in [2.75, 3.05) is 15.5 Å². The molecular weight excluding hydrogens is 576 g/mol. The molecule has 0 bridgehead atoms. The molecule has 0 atom stereocenters. The lowest BCUT2D eigenvalue weighted by Gasteiger charge is -2.17. The molecule has 0 radical (unpaired) electrons. The lowest BCUT2D eigenvalue weighted by molar-refractivity contribution is -0.120. The second-order valence-corrected chi connectivity index (χ2v) is 10.3. The average molecular weight is 594 g/mol. The Morgan fingerprint density at radius 1 is 1.00 bits per heavy atom. The van der Waals surface area contributed by atoms with E-state index in [0.29, 0.717) is 22.1 Å². The fourth-order valence-corrected chi connectivity index (χ4v) is 4.97. The third-order valence-corrected chi connectivity index (χ3v) is 7.28. The number of para-hydroxylation sites is 1. The lowest BCUT2D eigenvalue weighted by atomic mass is 10.1. The Hall–Kier alpha value is -3.79. The molecule has 0 spiro atoms. The zero-order valence-corrected chi connectivity index (χ0v) is 22.4. The second-order valence-electron chi connectivity index (χ2n) is 8.13. The summed E-state index contributed by atoms with van der Waals surface area (Å²) in [6.45, 7) is 1.81. The minimum atomic E-state index is -0.609. The number of aromatic nitrogens is 1. The average Bonchev–Trinajstić information content (AvgIpc) is 3.44. The molecule has 0 saturated carbocycles. The summed E-state index contributed by atoms with van der Waals surface area (Å²) in [5.74, 6) is -1.54. The van der Waals surface area contributed by atoms with Gasteiger partial charge in [-0.2, -0.15) is 0 Å². The molecule has 5 rings (SSSR count). The number of carbonyl (C=O) groups is 3. The molecule has 1 aromatic heterocycles. The van der Waals surface area contributed by atoms with Crippen LogP contribution in [0.1, 0.15) is 15.9 Å². The molecule has 1 aliphatic heterocycles. The van der Waals surface area contributed by atoms with Gasteiger partial charge in [0.2, 0.25) is 0 Å². The van der Waals surface area contributed by atoms with Gasteiger partial charge in [0.1, 0.15) is 10.7 Å². The molecular formula is C27H18BrClN4O3S. The fourth-order valence-electron chi connectivity index (χ4n) is 3.78. The monoisotopic (exact) mass is 592 g/mol. The van der Waals surface area contributed by atoms with Crippen LogP contribution in [0.4, 0.5) is 16.5 Å². The number of aryl methyl sites for hydroxylation is 1. The highest BCUT2D eigenvalue weighted by atomic mass is 79.9. The van der Waals surface area contributed by atoms with Crippen molar-refractivity contribution in [1.29, 1.82) is 0 Å². The highest BCUT2D eigenvalue weighted by Crippen LogP contribution is 2.32. The van der Waals surface area contributed by atoms with Gasteiger partial charge in [0.15, 0.2) is 5.13 Å². The van der Waals surface area contributed by atoms with Gasteiger partial charge in [-0.25, -0.2) is 9.88 Å². The van der Waals surface area contributed by atoms with E-state index < -0.39 is 11.8 Å². The van der Waals surface area contributed by atoms with E-state index in [-0.39, 0.29) is 16.6 Å². The Morgan fingerprint density at radius 3 is 2.51 bits per heavy atom. The van der Waals surface area contributed by atoms with Crippen molar-refractivity contribution in [3.63, 3.8) is 0 Å². The first-order chi connectivity index (χ1) is 17.8. The number of imide groups is 1. The zero-order valence-electron chi connectivity index (χ0n) is 19.3. The molecule has 7 nitrogen and oxygen atoms in total. The molecule has 3 amide bonds. The van der Waals surface area contributed by atoms with Gasteiger partial charge in [0, 0.05) is 26.7 Å². The van der Waals surface area contributed by atoms with E-state index in [2.05, 4.69) is 31.5 Å². The van der Waals surface area contributed by atoms with E-state index in [1.54, 1.807) is 36.4 Å². The van der Waals surface area contributed by atoms with E-state index >= 15 is 0 Å². The maximum absolute atomic E-state index is 13.1. The number of nitrogens with zero attached hydrogens (tertiary/aromatic N) is 2. The van der Waals surface area contributed by atoms with Gasteiger partial charge in [-0.15, -0.1) is 11.3 Å². The molecule has 0 saturated heterocycles. The van der Waals surface area contributed by atoms with Gasteiger partial charge in [0.05, 0.1) is 11.4 Å². The van der Waals surface area contributed by atoms with Gasteiger partial charge < -0.3 is 5.32 Å². The van der Waals surface area contributed by atoms with Crippen molar-refractivity contribution in [3.8, 4) is 11.3 Å². The molecule has 0 aliphatic carbocycles. The Kier molecular flexibility index (Phi) is 6.92. The van der Waals surface area contributed by atoms with Crippen LogP contribution in [0.25, 0.3) is 11.3 Å². The normalized spacial score (nSPS) is 13.3. The Balaban J connectivity index is 1.31. The quantitative estimate of drug-likeness (QED) is 0.247. The molecule has 2 heterocycles. The van der Waals surface area contributed by atoms with Gasteiger partial charge in [-0.1, -0.05) is 63.9 Å². The predicted octanol–water partition coefficient (Wildman–Crippen LogP) is 6.57. The first kappa shape index (κ1) is 24.9. The number of amides is 3. The minimum absolute atomic E-state index is 0.0495. The summed E-state index contributed by atoms with van der Waals surface area (Å²) in [5.41, 5.74) is 3.65. The van der Waals surface area contributed by atoms with Crippen molar-refractivity contribution < 1.29 is 14.4 Å². The summed E-state index contributed by atoms with van der Waals surface area (Å²) in [6, 6.07) is 21.3. The number of hydrogen-bond donors (Lipinski definition) is 2. The Bertz CT molecular complexity index is 1580. The summed E-state index contributed by atoms with van der Waals surface area (Å²) in [5, 5.41) is 7.83. The van der Waals surface area contributed by atoms with Crippen molar-refractivity contribution in [2.24, 2.45) is 0 Å². The van der Waals surface area contributed by atoms with E-state index in [1.807, 2.05) is 48.7 Å². The largest absolute Gasteiger partial charge is 0.350 e. The van der Waals surface area contributed by atoms with E-state index in [1.165, 1.54) is 11.3 Å². The summed E-state index contributed by atoms with van der Waals surface area (Å²) in [7, 11) is 0. The third-order valence-electron chi connectivity index (χ3n) is 5.64. The Labute approximate surface area is 229 Å². The highest BCUT2D eigenvalue weighted by molar-refractivity contribution is 9.10. The molecule has 37 heavy (non-hydrogen) atoms. The van der Waals surface area contributed by atoms with E-state index in [4.69, 9.17) is 11.6 Å². The van der Waals surface area contributed by atoms with Crippen LogP contribution in [-0.4, -0.2) is 22.7 Å². The maximum Gasteiger partial charge on any atom is 0.283 e. The highest BCUT2D eigenvalue weighted by Gasteiger charge is 2.39. The van der Waals surface area contributed by atoms with Crippen molar-refractivity contribution in [3.05, 3.63) is 105 Å². The fraction of sp³-hybridized carbons (Fsp3) is 0.0370. The molecule has 3 aromatic carbocycles. The zero-order chi connectivity index (χ0) is 26.1. The number of carbonyl (C=O) groups excluding carboxylic acids is 3. The van der Waals surface area contributed by atoms with Gasteiger partial charge >= 0.3 is 0 Å². The van der Waals surface area contributed by atoms with Crippen molar-refractivity contribution in [1.82, 2.24) is 4.98 Å². The van der Waals surface area contributed by atoms with Crippen LogP contribution in [-0.2, 0) is 9.59 Å². The number of rotatable bonds is 6. The van der Waals surface area contributed by atoms with Crippen molar-refractivity contribution in [2.45, 2.75) is 6.92 Å². The molecule has 0 fully saturated rings. The smallest absolute Gasteiger partial charge is 0.283 e. The molecule has 4 aromatic rings. The van der Waals surface area contributed by atoms with Gasteiger partial charge in [0.25, 0.3) is 17.7 Å². The molecule has 1 aliphatic rings. The second kappa shape index (κ2) is 10.3. The third kappa shape index (κ3) is 5.06. The summed E-state index contributed by atoms with van der Waals surface area (Å²) in [6.07, 6.45) is 0. The standard InChI is InChI=1S/C27H18BrClN4O3S/c1-15-5-2-3-8-21(15)33-25(35)22(29)23(26(33)36)30-19-7-4-6-17(13-19)24(34)32-27-31-20(14-37-27)16-9-11-18(28)12-10-16/h2-14,30H,1H3,(H,31,32,34). The number of nitrogens with one attached hydrogen (secondary N) is 2. The van der Waals surface area contributed by atoms with Crippen LogP contribution in [0.15, 0.2) is 93.4 Å². The summed E-state index contributed by atoms with van der Waals surface area (Å²) >= 11 is 11.0. The SMILES string of the molecule is Cc1ccccc1N1C(=O)C(Cl)=C(Nc2cccc(C(=O)Nc3nc(-c4ccc(Br)cc4)cs3)c2)C1=O. The van der Waals surface area contributed by atoms with Crippen LogP contribution < -0.4 is 15.5 Å². The molecule has 184 valence electrons. The van der Waals surface area contributed by atoms with Crippen LogP contribution >= 0.6 is 38.9 Å². The maximum atomic E-state index is 13.1. The predicted molar refractivity (Wildman–Crippen MR) is 150 cm³/mol. The Morgan fingerprint density at radius 2 is 1.76 bits per heavy atom. The van der Waals surface area contributed by atoms with Crippen molar-refractivity contribution >= 4 is 73.1 Å². The van der Waals surface area contributed by atoms with Crippen LogP contribution in [0, 0.1) is 6.92 Å². The number of halogens is 2. The summed E-state index contributed by atoms with van der Waals surface area (Å²) in [4.78, 5) is 44.3. The number of hydrogen-bond acceptors (Lipinski definition) is 6. The molecule has 10 heteroatoms. The number of anilines is 3. The minimum Gasteiger partial charge on any atom is -0.350 e. The number of benzene rings is 3. The lowest BCUT2D eigenvalue weighted by Crippen LogP contribution is -2.32. The topological polar surface area (TPSA) is 91.4 Å². The van der Waals surface area contributed by atoms with Gasteiger partial charge in [-0.05, 0) is 48.9 Å². The van der Waals surface area contributed by atoms with Crippen LogP contribution in [0.5, 0.6) is 0 Å². The van der Waals surface area contributed by atoms with E-state index in [9.17, 15) is 14.4 Å². The number of thiazole rings is 1. The first-order valence-corrected chi connectivity index (χ1v) is 13.1. The van der Waals surface area contributed by atoms with Crippen LogP contribution in [0.2, 0.25) is 0 Å². The van der Waals surface area contributed by atoms with Crippen LogP contribution in [0.3, 0.4) is 0 Å². The summed E-state index contributed by atoms with van der Waals surface area (Å²) < 4.78 is 0.970. The first-order valence-electron chi connectivity index (χ1n) is 11.1. The van der Waals surface area contributed by atoms with Gasteiger partial charge in [-0.3, -0.25) is 19.7 Å². The molecule has 0 unspecified atom stereocenters. The van der Waals surface area contributed by atoms with E-state index in [0.717, 1.165) is 26.2 Å². The molecule has 2 N–H and O–H groups in total.